The number of rotatable bonds is 4. The molecule has 1 aromatic heterocycles. The molecule has 0 atom stereocenters. The lowest BCUT2D eigenvalue weighted by Crippen LogP contribution is -2.06. The molecule has 1 aromatic carbocycles. The van der Waals surface area contributed by atoms with Crippen molar-refractivity contribution in [1.29, 1.82) is 0 Å². The van der Waals surface area contributed by atoms with Gasteiger partial charge in [0.25, 0.3) is 0 Å². The van der Waals surface area contributed by atoms with Crippen LogP contribution in [0, 0.1) is 11.6 Å². The van der Waals surface area contributed by atoms with Crippen LogP contribution in [0.2, 0.25) is 0 Å². The highest BCUT2D eigenvalue weighted by molar-refractivity contribution is 5.87. The highest BCUT2D eigenvalue weighted by atomic mass is 19.1. The Kier molecular flexibility index (Phi) is 4.24. The summed E-state index contributed by atoms with van der Waals surface area (Å²) in [6.45, 7) is 1.94. The summed E-state index contributed by atoms with van der Waals surface area (Å²) in [6, 6.07) is 5.81. The second-order valence-corrected chi connectivity index (χ2v) is 3.78. The Hall–Kier alpha value is -2.50. The normalized spacial score (nSPS) is 10.2. The predicted octanol–water partition coefficient (Wildman–Crippen LogP) is 3.33. The summed E-state index contributed by atoms with van der Waals surface area (Å²) in [5.74, 6) is -1.96. The number of ether oxygens (including phenoxy) is 2. The van der Waals surface area contributed by atoms with Crippen LogP contribution < -0.4 is 4.74 Å². The third-order valence-electron chi connectivity index (χ3n) is 2.34. The van der Waals surface area contributed by atoms with Gasteiger partial charge in [-0.25, -0.2) is 18.6 Å². The molecular weight excluding hydrogens is 268 g/mol. The molecule has 0 spiro atoms. The molecule has 0 saturated carbocycles. The summed E-state index contributed by atoms with van der Waals surface area (Å²) in [7, 11) is 0. The summed E-state index contributed by atoms with van der Waals surface area (Å²) in [6.07, 6.45) is 1.26. The second kappa shape index (κ2) is 6.10. The lowest BCUT2D eigenvalue weighted by molar-refractivity contribution is 0.0519. The fraction of sp³-hybridized carbons (Fsp3) is 0.143. The van der Waals surface area contributed by atoms with E-state index in [9.17, 15) is 13.6 Å². The maximum Gasteiger partial charge on any atom is 0.356 e. The van der Waals surface area contributed by atoms with Crippen LogP contribution in [0.3, 0.4) is 0 Å². The molecule has 0 N–H and O–H groups in total. The molecule has 2 rings (SSSR count). The third kappa shape index (κ3) is 3.28. The van der Waals surface area contributed by atoms with Gasteiger partial charge < -0.3 is 9.47 Å². The molecule has 0 unspecified atom stereocenters. The van der Waals surface area contributed by atoms with E-state index in [2.05, 4.69) is 4.98 Å². The van der Waals surface area contributed by atoms with Crippen molar-refractivity contribution in [2.45, 2.75) is 6.92 Å². The first-order chi connectivity index (χ1) is 9.60. The largest absolute Gasteiger partial charge is 0.461 e. The summed E-state index contributed by atoms with van der Waals surface area (Å²) in [4.78, 5) is 15.2. The van der Waals surface area contributed by atoms with Gasteiger partial charge in [0.05, 0.1) is 12.8 Å². The maximum atomic E-state index is 13.4. The number of pyridine rings is 1. The first-order valence-corrected chi connectivity index (χ1v) is 5.86. The molecule has 0 aliphatic rings. The first kappa shape index (κ1) is 13.9. The van der Waals surface area contributed by atoms with Gasteiger partial charge in [-0.15, -0.1) is 0 Å². The molecule has 0 saturated heterocycles. The van der Waals surface area contributed by atoms with E-state index < -0.39 is 17.6 Å². The standard InChI is InChI=1S/C14H11F2NO3/c1-2-19-14(18)12-5-4-10(8-17-12)20-13-6-3-9(15)7-11(13)16/h3-8H,2H2,1H3. The average molecular weight is 279 g/mol. The van der Waals surface area contributed by atoms with Crippen LogP contribution in [-0.2, 0) is 4.74 Å². The summed E-state index contributed by atoms with van der Waals surface area (Å²) in [5, 5.41) is 0. The number of halogens is 2. The molecule has 4 nitrogen and oxygen atoms in total. The Labute approximate surface area is 114 Å². The van der Waals surface area contributed by atoms with Crippen LogP contribution in [-0.4, -0.2) is 17.6 Å². The molecule has 0 bridgehead atoms. The van der Waals surface area contributed by atoms with Gasteiger partial charge in [-0.1, -0.05) is 0 Å². The van der Waals surface area contributed by atoms with Gasteiger partial charge in [0.15, 0.2) is 11.6 Å². The van der Waals surface area contributed by atoms with Gasteiger partial charge in [0, 0.05) is 6.07 Å². The van der Waals surface area contributed by atoms with Crippen LogP contribution in [0.25, 0.3) is 0 Å². The fourth-order valence-electron chi connectivity index (χ4n) is 1.45. The van der Waals surface area contributed by atoms with Crippen LogP contribution in [0.4, 0.5) is 8.78 Å². The molecule has 0 radical (unpaired) electrons. The lowest BCUT2D eigenvalue weighted by atomic mass is 10.3. The molecule has 1 heterocycles. The first-order valence-electron chi connectivity index (χ1n) is 5.86. The van der Waals surface area contributed by atoms with Crippen molar-refractivity contribution < 1.29 is 23.0 Å². The van der Waals surface area contributed by atoms with E-state index >= 15 is 0 Å². The monoisotopic (exact) mass is 279 g/mol. The van der Waals surface area contributed by atoms with Crippen molar-refractivity contribution in [2.75, 3.05) is 6.61 Å². The van der Waals surface area contributed by atoms with Gasteiger partial charge in [0.2, 0.25) is 0 Å². The quantitative estimate of drug-likeness (QED) is 0.805. The van der Waals surface area contributed by atoms with E-state index in [-0.39, 0.29) is 23.8 Å². The Morgan fingerprint density at radius 3 is 2.65 bits per heavy atom. The highest BCUT2D eigenvalue weighted by Gasteiger charge is 2.10. The topological polar surface area (TPSA) is 48.4 Å². The van der Waals surface area contributed by atoms with Crippen LogP contribution in [0.15, 0.2) is 36.5 Å². The smallest absolute Gasteiger partial charge is 0.356 e. The predicted molar refractivity (Wildman–Crippen MR) is 66.6 cm³/mol. The Bertz CT molecular complexity index is 614. The van der Waals surface area contributed by atoms with E-state index in [0.717, 1.165) is 12.1 Å². The van der Waals surface area contributed by atoms with Crippen LogP contribution in [0.5, 0.6) is 11.5 Å². The van der Waals surface area contributed by atoms with Gasteiger partial charge >= 0.3 is 5.97 Å². The van der Waals surface area contributed by atoms with Gasteiger partial charge in [-0.05, 0) is 31.2 Å². The summed E-state index contributed by atoms with van der Waals surface area (Å²) in [5.41, 5.74) is 0.124. The number of carbonyl (C=O) groups excluding carboxylic acids is 1. The van der Waals surface area contributed by atoms with Crippen molar-refractivity contribution in [2.24, 2.45) is 0 Å². The van der Waals surface area contributed by atoms with Crippen molar-refractivity contribution in [3.63, 3.8) is 0 Å². The van der Waals surface area contributed by atoms with Crippen molar-refractivity contribution in [3.8, 4) is 11.5 Å². The molecule has 2 aromatic rings. The van der Waals surface area contributed by atoms with Gasteiger partial charge in [-0.3, -0.25) is 0 Å². The Morgan fingerprint density at radius 2 is 2.05 bits per heavy atom. The SMILES string of the molecule is CCOC(=O)c1ccc(Oc2ccc(F)cc2F)cn1. The molecular formula is C14H11F2NO3. The molecule has 0 aliphatic carbocycles. The number of hydrogen-bond acceptors (Lipinski definition) is 4. The molecule has 20 heavy (non-hydrogen) atoms. The second-order valence-electron chi connectivity index (χ2n) is 3.78. The molecule has 104 valence electrons. The lowest BCUT2D eigenvalue weighted by Gasteiger charge is -2.07. The van der Waals surface area contributed by atoms with E-state index in [0.29, 0.717) is 0 Å². The zero-order valence-corrected chi connectivity index (χ0v) is 10.6. The number of nitrogens with zero attached hydrogens (tertiary/aromatic N) is 1. The number of hydrogen-bond donors (Lipinski definition) is 0. The van der Waals surface area contributed by atoms with Crippen LogP contribution in [0.1, 0.15) is 17.4 Å². The Morgan fingerprint density at radius 1 is 1.25 bits per heavy atom. The molecule has 0 fully saturated rings. The van der Waals surface area contributed by atoms with E-state index in [1.807, 2.05) is 0 Å². The van der Waals surface area contributed by atoms with Gasteiger partial charge in [-0.2, -0.15) is 0 Å². The minimum atomic E-state index is -0.820. The number of carbonyl (C=O) groups is 1. The van der Waals surface area contributed by atoms with E-state index in [1.54, 1.807) is 6.92 Å². The minimum Gasteiger partial charge on any atom is -0.461 e. The number of esters is 1. The fourth-order valence-corrected chi connectivity index (χ4v) is 1.45. The van der Waals surface area contributed by atoms with Crippen LogP contribution >= 0.6 is 0 Å². The molecule has 6 heteroatoms. The van der Waals surface area contributed by atoms with Crippen molar-refractivity contribution in [3.05, 3.63) is 53.9 Å². The summed E-state index contributed by atoms with van der Waals surface area (Å²) >= 11 is 0. The molecule has 0 amide bonds. The third-order valence-corrected chi connectivity index (χ3v) is 2.34. The maximum absolute atomic E-state index is 13.4. The molecule has 0 aliphatic heterocycles. The Balaban J connectivity index is 2.12. The van der Waals surface area contributed by atoms with E-state index in [4.69, 9.17) is 9.47 Å². The van der Waals surface area contributed by atoms with Crippen molar-refractivity contribution in [1.82, 2.24) is 4.98 Å². The van der Waals surface area contributed by atoms with E-state index in [1.165, 1.54) is 24.4 Å². The van der Waals surface area contributed by atoms with Crippen molar-refractivity contribution >= 4 is 5.97 Å². The van der Waals surface area contributed by atoms with Gasteiger partial charge in [0.1, 0.15) is 17.3 Å². The minimum absolute atomic E-state index is 0.124. The number of benzene rings is 1. The summed E-state index contributed by atoms with van der Waals surface area (Å²) < 4.78 is 36.1. The average Bonchev–Trinajstić information content (AvgIpc) is 2.43. The highest BCUT2D eigenvalue weighted by Crippen LogP contribution is 2.24. The zero-order valence-electron chi connectivity index (χ0n) is 10.6. The zero-order chi connectivity index (χ0) is 14.5. The number of aromatic nitrogens is 1.